The Morgan fingerprint density at radius 2 is 1.85 bits per heavy atom. The molecule has 0 aromatic heterocycles. The molecular formula is C25H28BrIN2O3S. The van der Waals surface area contributed by atoms with Crippen molar-refractivity contribution in [3.8, 4) is 11.5 Å². The summed E-state index contributed by atoms with van der Waals surface area (Å²) in [5.41, 5.74) is 1.94. The van der Waals surface area contributed by atoms with Crippen molar-refractivity contribution < 1.29 is 14.3 Å². The molecule has 0 saturated carbocycles. The van der Waals surface area contributed by atoms with Crippen LogP contribution >= 0.6 is 50.3 Å². The van der Waals surface area contributed by atoms with Gasteiger partial charge in [0.15, 0.2) is 16.7 Å². The minimum Gasteiger partial charge on any atom is -0.490 e. The van der Waals surface area contributed by atoms with Gasteiger partial charge in [0.1, 0.15) is 6.61 Å². The summed E-state index contributed by atoms with van der Waals surface area (Å²) in [6.07, 6.45) is 1.89. The second-order valence-electron chi connectivity index (χ2n) is 8.06. The lowest BCUT2D eigenvalue weighted by Gasteiger charge is -2.20. The van der Waals surface area contributed by atoms with Crippen LogP contribution in [0.3, 0.4) is 0 Å². The molecular weight excluding hydrogens is 615 g/mol. The molecule has 0 bridgehead atoms. The minimum atomic E-state index is -0.0254. The zero-order chi connectivity index (χ0) is 24.1. The summed E-state index contributed by atoms with van der Waals surface area (Å²) in [5.74, 6) is 1.26. The van der Waals surface area contributed by atoms with E-state index in [0.29, 0.717) is 29.6 Å². The van der Waals surface area contributed by atoms with Gasteiger partial charge in [0.25, 0.3) is 5.91 Å². The Bertz CT molecular complexity index is 1070. The van der Waals surface area contributed by atoms with Gasteiger partial charge in [-0.2, -0.15) is 0 Å². The summed E-state index contributed by atoms with van der Waals surface area (Å²) in [6, 6.07) is 12.2. The molecule has 3 rings (SSSR count). The van der Waals surface area contributed by atoms with Crippen LogP contribution < -0.4 is 9.47 Å². The first kappa shape index (κ1) is 26.1. The van der Waals surface area contributed by atoms with Crippen molar-refractivity contribution in [2.24, 2.45) is 4.99 Å². The van der Waals surface area contributed by atoms with E-state index in [4.69, 9.17) is 9.47 Å². The Hall–Kier alpha value is -1.52. The largest absolute Gasteiger partial charge is 0.490 e. The van der Waals surface area contributed by atoms with Gasteiger partial charge in [0.2, 0.25) is 0 Å². The second-order valence-corrected chi connectivity index (χ2v) is 11.2. The fourth-order valence-electron chi connectivity index (χ4n) is 3.21. The molecule has 1 amide bonds. The standard InChI is InChI=1S/C25H28BrIN2O3S/c1-6-31-21-12-18(11-20(26)23(21)32-14-17-7-9-19(27)10-8-17)13-22-24(30)29(16(4)5)25(33-22)28-15(2)3/h7-13,15-16H,6,14H2,1-5H3/b22-13+,28-25?. The number of aliphatic imine (C=N–C) groups is 1. The molecule has 1 saturated heterocycles. The van der Waals surface area contributed by atoms with Gasteiger partial charge in [-0.15, -0.1) is 0 Å². The van der Waals surface area contributed by atoms with Gasteiger partial charge in [0, 0.05) is 15.7 Å². The molecule has 1 fully saturated rings. The van der Waals surface area contributed by atoms with E-state index in [1.165, 1.54) is 15.3 Å². The highest BCUT2D eigenvalue weighted by Gasteiger charge is 2.35. The number of benzene rings is 2. The number of ether oxygens (including phenoxy) is 2. The van der Waals surface area contributed by atoms with E-state index in [1.54, 1.807) is 4.90 Å². The third kappa shape index (κ3) is 6.76. The SMILES string of the molecule is CCOc1cc(/C=C2/SC(=NC(C)C)N(C(C)C)C2=O)cc(Br)c1OCc1ccc(I)cc1. The molecule has 1 heterocycles. The molecule has 5 nitrogen and oxygen atoms in total. The van der Waals surface area contributed by atoms with Crippen molar-refractivity contribution in [3.63, 3.8) is 0 Å². The number of thioether (sulfide) groups is 1. The van der Waals surface area contributed by atoms with Crippen molar-refractivity contribution >= 4 is 67.4 Å². The first-order chi connectivity index (χ1) is 15.7. The predicted octanol–water partition coefficient (Wildman–Crippen LogP) is 7.12. The van der Waals surface area contributed by atoms with E-state index in [0.717, 1.165) is 20.8 Å². The Kier molecular flexibility index (Phi) is 9.29. The first-order valence-electron chi connectivity index (χ1n) is 10.8. The summed E-state index contributed by atoms with van der Waals surface area (Å²) in [6.45, 7) is 10.9. The number of nitrogens with zero attached hydrogens (tertiary/aromatic N) is 2. The predicted molar refractivity (Wildman–Crippen MR) is 149 cm³/mol. The Morgan fingerprint density at radius 1 is 1.15 bits per heavy atom. The minimum absolute atomic E-state index is 0.0254. The monoisotopic (exact) mass is 642 g/mol. The van der Waals surface area contributed by atoms with E-state index in [2.05, 4.69) is 67.8 Å². The number of hydrogen-bond donors (Lipinski definition) is 0. The lowest BCUT2D eigenvalue weighted by molar-refractivity contribution is -0.123. The molecule has 0 spiro atoms. The van der Waals surface area contributed by atoms with E-state index in [-0.39, 0.29) is 18.0 Å². The lowest BCUT2D eigenvalue weighted by atomic mass is 10.1. The highest BCUT2D eigenvalue weighted by molar-refractivity contribution is 14.1. The molecule has 33 heavy (non-hydrogen) atoms. The Balaban J connectivity index is 1.90. The summed E-state index contributed by atoms with van der Waals surface area (Å²) >= 11 is 7.34. The maximum atomic E-state index is 13.1. The summed E-state index contributed by atoms with van der Waals surface area (Å²) in [5, 5.41) is 0.748. The number of carbonyl (C=O) groups excluding carboxylic acids is 1. The molecule has 0 N–H and O–H groups in total. The number of rotatable bonds is 8. The van der Waals surface area contributed by atoms with Gasteiger partial charge in [-0.3, -0.25) is 14.7 Å². The van der Waals surface area contributed by atoms with E-state index < -0.39 is 0 Å². The molecule has 1 aliphatic rings. The normalized spacial score (nSPS) is 16.5. The summed E-state index contributed by atoms with van der Waals surface area (Å²) < 4.78 is 13.9. The van der Waals surface area contributed by atoms with Crippen LogP contribution in [0.2, 0.25) is 0 Å². The van der Waals surface area contributed by atoms with Crippen molar-refractivity contribution in [1.29, 1.82) is 0 Å². The van der Waals surface area contributed by atoms with Crippen LogP contribution in [0.1, 0.15) is 45.7 Å². The smallest absolute Gasteiger partial charge is 0.266 e. The van der Waals surface area contributed by atoms with Gasteiger partial charge in [0.05, 0.1) is 16.0 Å². The number of amidine groups is 1. The number of amides is 1. The van der Waals surface area contributed by atoms with Crippen molar-refractivity contribution in [3.05, 3.63) is 60.5 Å². The molecule has 8 heteroatoms. The Labute approximate surface area is 222 Å². The third-order valence-corrected chi connectivity index (χ3v) is 6.95. The number of halogens is 2. The average molecular weight is 643 g/mol. The fraction of sp³-hybridized carbons (Fsp3) is 0.360. The third-order valence-electron chi connectivity index (χ3n) is 4.65. The van der Waals surface area contributed by atoms with Crippen LogP contribution in [0.15, 0.2) is 50.8 Å². The van der Waals surface area contributed by atoms with Crippen LogP contribution in [0.4, 0.5) is 0 Å². The molecule has 0 radical (unpaired) electrons. The van der Waals surface area contributed by atoms with Gasteiger partial charge in [-0.05, 0) is 126 Å². The fourth-order valence-corrected chi connectivity index (χ4v) is 5.38. The van der Waals surface area contributed by atoms with Crippen LogP contribution in [-0.2, 0) is 11.4 Å². The highest BCUT2D eigenvalue weighted by atomic mass is 127. The Morgan fingerprint density at radius 3 is 2.45 bits per heavy atom. The average Bonchev–Trinajstić information content (AvgIpc) is 3.03. The molecule has 176 valence electrons. The molecule has 2 aromatic rings. The van der Waals surface area contributed by atoms with Crippen molar-refractivity contribution in [2.45, 2.75) is 53.3 Å². The zero-order valence-electron chi connectivity index (χ0n) is 19.4. The molecule has 0 aliphatic carbocycles. The number of carbonyl (C=O) groups is 1. The van der Waals surface area contributed by atoms with Gasteiger partial charge >= 0.3 is 0 Å². The zero-order valence-corrected chi connectivity index (χ0v) is 24.0. The van der Waals surface area contributed by atoms with Crippen LogP contribution in [0.25, 0.3) is 6.08 Å². The summed E-state index contributed by atoms with van der Waals surface area (Å²) in [7, 11) is 0. The van der Waals surface area contributed by atoms with Crippen molar-refractivity contribution in [2.75, 3.05) is 6.61 Å². The molecule has 1 aliphatic heterocycles. The molecule has 0 atom stereocenters. The van der Waals surface area contributed by atoms with Crippen molar-refractivity contribution in [1.82, 2.24) is 4.90 Å². The van der Waals surface area contributed by atoms with Gasteiger partial charge in [-0.1, -0.05) is 12.1 Å². The van der Waals surface area contributed by atoms with E-state index in [9.17, 15) is 4.79 Å². The second kappa shape index (κ2) is 11.8. The number of hydrogen-bond acceptors (Lipinski definition) is 5. The van der Waals surface area contributed by atoms with Gasteiger partial charge in [-0.25, -0.2) is 0 Å². The highest BCUT2D eigenvalue weighted by Crippen LogP contribution is 2.40. The quantitative estimate of drug-likeness (QED) is 0.227. The lowest BCUT2D eigenvalue weighted by Crippen LogP contribution is -2.35. The maximum absolute atomic E-state index is 13.1. The summed E-state index contributed by atoms with van der Waals surface area (Å²) in [4.78, 5) is 20.1. The van der Waals surface area contributed by atoms with Crippen LogP contribution in [-0.4, -0.2) is 34.7 Å². The van der Waals surface area contributed by atoms with Crippen LogP contribution in [0.5, 0.6) is 11.5 Å². The molecule has 0 unspecified atom stereocenters. The van der Waals surface area contributed by atoms with Gasteiger partial charge < -0.3 is 9.47 Å². The van der Waals surface area contributed by atoms with E-state index >= 15 is 0 Å². The van der Waals surface area contributed by atoms with E-state index in [1.807, 2.05) is 52.8 Å². The van der Waals surface area contributed by atoms with Crippen LogP contribution in [0, 0.1) is 3.57 Å². The topological polar surface area (TPSA) is 51.1 Å². The maximum Gasteiger partial charge on any atom is 0.266 e. The molecule has 2 aromatic carbocycles. The first-order valence-corrected chi connectivity index (χ1v) is 13.5.